The van der Waals surface area contributed by atoms with Gasteiger partial charge in [0.1, 0.15) is 0 Å². The molecule has 2 unspecified atom stereocenters. The second kappa shape index (κ2) is 10.6. The molecule has 1 saturated heterocycles. The van der Waals surface area contributed by atoms with E-state index >= 15 is 0 Å². The molecule has 0 amide bonds. The average molecular weight is 348 g/mol. The SMILES string of the molecule is CC/C=C\C[C@H](O)/C=C/[C@H]1C2CC(CO2)[C@@H]1C/C=C\CCCC(=O)O. The van der Waals surface area contributed by atoms with Crippen molar-refractivity contribution in [2.75, 3.05) is 6.61 Å². The van der Waals surface area contributed by atoms with Crippen molar-refractivity contribution in [3.05, 3.63) is 36.5 Å². The normalized spacial score (nSPS) is 30.2. The number of aliphatic hydroxyl groups excluding tert-OH is 1. The van der Waals surface area contributed by atoms with Gasteiger partial charge in [-0.2, -0.15) is 0 Å². The molecule has 0 radical (unpaired) electrons. The van der Waals surface area contributed by atoms with Crippen molar-refractivity contribution < 1.29 is 19.7 Å². The Morgan fingerprint density at radius 2 is 2.12 bits per heavy atom. The van der Waals surface area contributed by atoms with Crippen molar-refractivity contribution in [2.24, 2.45) is 17.8 Å². The summed E-state index contributed by atoms with van der Waals surface area (Å²) in [4.78, 5) is 10.5. The van der Waals surface area contributed by atoms with E-state index in [1.807, 2.05) is 12.2 Å². The zero-order valence-corrected chi connectivity index (χ0v) is 15.2. The van der Waals surface area contributed by atoms with Crippen molar-refractivity contribution in [1.82, 2.24) is 0 Å². The second-order valence-electron chi connectivity index (χ2n) is 7.17. The molecule has 2 fully saturated rings. The number of hydrogen-bond donors (Lipinski definition) is 2. The van der Waals surface area contributed by atoms with Gasteiger partial charge in [-0.25, -0.2) is 0 Å². The molecule has 1 saturated carbocycles. The molecular formula is C21H32O4. The summed E-state index contributed by atoms with van der Waals surface area (Å²) in [6.07, 6.45) is 18.0. The highest BCUT2D eigenvalue weighted by atomic mass is 16.5. The third-order valence-electron chi connectivity index (χ3n) is 5.26. The van der Waals surface area contributed by atoms with Gasteiger partial charge < -0.3 is 14.9 Å². The molecule has 25 heavy (non-hydrogen) atoms. The van der Waals surface area contributed by atoms with Gasteiger partial charge in [0, 0.05) is 12.3 Å². The smallest absolute Gasteiger partial charge is 0.303 e. The van der Waals surface area contributed by atoms with E-state index in [1.54, 1.807) is 0 Å². The third-order valence-corrected chi connectivity index (χ3v) is 5.26. The van der Waals surface area contributed by atoms with E-state index < -0.39 is 12.1 Å². The average Bonchev–Trinajstić information content (AvgIpc) is 3.17. The van der Waals surface area contributed by atoms with Crippen molar-refractivity contribution in [3.8, 4) is 0 Å². The Labute approximate surface area is 151 Å². The number of aliphatic hydroxyl groups is 1. The van der Waals surface area contributed by atoms with Crippen LogP contribution in [0.25, 0.3) is 0 Å². The van der Waals surface area contributed by atoms with Crippen LogP contribution in [0.3, 0.4) is 0 Å². The minimum atomic E-state index is -0.726. The number of unbranched alkanes of at least 4 members (excludes halogenated alkanes) is 1. The molecule has 2 aliphatic rings. The van der Waals surface area contributed by atoms with Crippen LogP contribution < -0.4 is 0 Å². The van der Waals surface area contributed by atoms with Gasteiger partial charge in [0.25, 0.3) is 0 Å². The molecule has 140 valence electrons. The van der Waals surface area contributed by atoms with Crippen molar-refractivity contribution in [3.63, 3.8) is 0 Å². The maximum absolute atomic E-state index is 10.5. The highest BCUT2D eigenvalue weighted by molar-refractivity contribution is 5.66. The molecule has 0 spiro atoms. The Balaban J connectivity index is 1.81. The summed E-state index contributed by atoms with van der Waals surface area (Å²) >= 11 is 0. The maximum Gasteiger partial charge on any atom is 0.303 e. The number of aliphatic carboxylic acids is 1. The molecule has 0 aromatic heterocycles. The lowest BCUT2D eigenvalue weighted by Gasteiger charge is -2.28. The first kappa shape index (κ1) is 19.9. The van der Waals surface area contributed by atoms with Crippen LogP contribution in [-0.2, 0) is 9.53 Å². The number of carbonyl (C=O) groups is 1. The van der Waals surface area contributed by atoms with Gasteiger partial charge in [-0.15, -0.1) is 0 Å². The van der Waals surface area contributed by atoms with E-state index in [1.165, 1.54) is 0 Å². The van der Waals surface area contributed by atoms with Crippen molar-refractivity contribution >= 4 is 5.97 Å². The molecule has 2 bridgehead atoms. The number of hydrogen-bond acceptors (Lipinski definition) is 3. The number of carboxylic acids is 1. The molecule has 0 aromatic carbocycles. The van der Waals surface area contributed by atoms with Gasteiger partial charge in [-0.1, -0.05) is 43.4 Å². The van der Waals surface area contributed by atoms with E-state index in [4.69, 9.17) is 9.84 Å². The molecular weight excluding hydrogens is 316 g/mol. The highest BCUT2D eigenvalue weighted by Gasteiger charge is 2.46. The van der Waals surface area contributed by atoms with Gasteiger partial charge in [0.2, 0.25) is 0 Å². The fraction of sp³-hybridized carbons (Fsp3) is 0.667. The Morgan fingerprint density at radius 3 is 2.88 bits per heavy atom. The third kappa shape index (κ3) is 6.44. The summed E-state index contributed by atoms with van der Waals surface area (Å²) in [6.45, 7) is 2.94. The molecule has 4 heteroatoms. The van der Waals surface area contributed by atoms with E-state index in [0.29, 0.717) is 36.7 Å². The van der Waals surface area contributed by atoms with Crippen LogP contribution in [-0.4, -0.2) is 35.0 Å². The fourth-order valence-electron chi connectivity index (χ4n) is 3.93. The zero-order valence-electron chi connectivity index (χ0n) is 15.2. The first-order valence-electron chi connectivity index (χ1n) is 9.61. The quantitative estimate of drug-likeness (QED) is 0.435. The van der Waals surface area contributed by atoms with Crippen molar-refractivity contribution in [2.45, 2.75) is 64.1 Å². The molecule has 1 aliphatic carbocycles. The van der Waals surface area contributed by atoms with Crippen LogP contribution in [0.1, 0.15) is 51.9 Å². The van der Waals surface area contributed by atoms with Gasteiger partial charge >= 0.3 is 5.97 Å². The molecule has 0 aromatic rings. The van der Waals surface area contributed by atoms with Gasteiger partial charge in [-0.3, -0.25) is 4.79 Å². The first-order valence-corrected chi connectivity index (χ1v) is 9.61. The molecule has 1 aliphatic heterocycles. The number of ether oxygens (including phenoxy) is 1. The van der Waals surface area contributed by atoms with Crippen LogP contribution in [0.5, 0.6) is 0 Å². The van der Waals surface area contributed by atoms with Crippen LogP contribution in [0, 0.1) is 17.8 Å². The molecule has 4 nitrogen and oxygen atoms in total. The zero-order chi connectivity index (χ0) is 18.1. The number of carboxylic acid groups (broad SMARTS) is 1. The van der Waals surface area contributed by atoms with Crippen LogP contribution >= 0.6 is 0 Å². The number of rotatable bonds is 11. The fourth-order valence-corrected chi connectivity index (χ4v) is 3.93. The molecule has 5 atom stereocenters. The topological polar surface area (TPSA) is 66.8 Å². The van der Waals surface area contributed by atoms with E-state index in [0.717, 1.165) is 32.3 Å². The molecule has 2 N–H and O–H groups in total. The van der Waals surface area contributed by atoms with Gasteiger partial charge in [0.15, 0.2) is 0 Å². The van der Waals surface area contributed by atoms with E-state index in [-0.39, 0.29) is 6.42 Å². The Hall–Kier alpha value is -1.39. The summed E-state index contributed by atoms with van der Waals surface area (Å²) < 4.78 is 5.86. The van der Waals surface area contributed by atoms with Crippen molar-refractivity contribution in [1.29, 1.82) is 0 Å². The minimum absolute atomic E-state index is 0.238. The summed E-state index contributed by atoms with van der Waals surface area (Å²) in [6, 6.07) is 0. The minimum Gasteiger partial charge on any atom is -0.481 e. The monoisotopic (exact) mass is 348 g/mol. The number of allylic oxidation sites excluding steroid dienone is 3. The summed E-state index contributed by atoms with van der Waals surface area (Å²) in [5.41, 5.74) is 0. The Bertz CT molecular complexity index is 494. The van der Waals surface area contributed by atoms with E-state index in [2.05, 4.69) is 31.2 Å². The van der Waals surface area contributed by atoms with E-state index in [9.17, 15) is 9.90 Å². The lowest BCUT2D eigenvalue weighted by atomic mass is 9.84. The summed E-state index contributed by atoms with van der Waals surface area (Å²) in [5.74, 6) is 0.841. The summed E-state index contributed by atoms with van der Waals surface area (Å²) in [5, 5.41) is 18.7. The van der Waals surface area contributed by atoms with Gasteiger partial charge in [-0.05, 0) is 50.4 Å². The molecule has 2 rings (SSSR count). The lowest BCUT2D eigenvalue weighted by molar-refractivity contribution is -0.137. The van der Waals surface area contributed by atoms with Crippen LogP contribution in [0.4, 0.5) is 0 Å². The Morgan fingerprint density at radius 1 is 1.28 bits per heavy atom. The predicted molar refractivity (Wildman–Crippen MR) is 99.3 cm³/mol. The largest absolute Gasteiger partial charge is 0.481 e. The molecule has 1 heterocycles. The van der Waals surface area contributed by atoms with Gasteiger partial charge in [0.05, 0.1) is 18.8 Å². The lowest BCUT2D eigenvalue weighted by Crippen LogP contribution is -2.27. The highest BCUT2D eigenvalue weighted by Crippen LogP contribution is 2.47. The van der Waals surface area contributed by atoms with Crippen LogP contribution in [0.2, 0.25) is 0 Å². The number of fused-ring (bicyclic) bond motifs is 2. The summed E-state index contributed by atoms with van der Waals surface area (Å²) in [7, 11) is 0. The first-order chi connectivity index (χ1) is 12.1. The standard InChI is InChI=1S/C21H32O4/c1-2-3-6-9-17(22)12-13-19-18(16-14-20(19)25-15-16)10-7-4-5-8-11-21(23)24/h3-4,6-7,12-13,16-20,22H,2,5,8-11,14-15H2,1H3,(H,23,24)/b6-3-,7-4-,13-12+/t16?,17-,18-,19+,20?/m0/s1. The van der Waals surface area contributed by atoms with Crippen LogP contribution in [0.15, 0.2) is 36.5 Å². The Kier molecular flexibility index (Phi) is 8.42. The second-order valence-corrected chi connectivity index (χ2v) is 7.17. The maximum atomic E-state index is 10.5. The predicted octanol–water partition coefficient (Wildman–Crippen LogP) is 4.11.